The van der Waals surface area contributed by atoms with E-state index in [2.05, 4.69) is 46.8 Å². The van der Waals surface area contributed by atoms with Crippen molar-refractivity contribution < 1.29 is 4.74 Å². The predicted molar refractivity (Wildman–Crippen MR) is 82.7 cm³/mol. The van der Waals surface area contributed by atoms with Gasteiger partial charge in [0.15, 0.2) is 5.96 Å². The molecule has 0 amide bonds. The molecule has 2 rings (SSSR count). The number of nitrogens with zero attached hydrogens (tertiary/aromatic N) is 1. The second kappa shape index (κ2) is 7.90. The van der Waals surface area contributed by atoms with Gasteiger partial charge in [-0.05, 0) is 37.8 Å². The highest BCUT2D eigenvalue weighted by molar-refractivity contribution is 5.80. The lowest BCUT2D eigenvalue weighted by Crippen LogP contribution is -2.38. The van der Waals surface area contributed by atoms with Crippen LogP contribution in [0.5, 0.6) is 0 Å². The Balaban J connectivity index is 1.99. The van der Waals surface area contributed by atoms with Crippen molar-refractivity contribution in [1.29, 1.82) is 0 Å². The zero-order valence-corrected chi connectivity index (χ0v) is 12.5. The Hall–Kier alpha value is -1.55. The zero-order chi connectivity index (χ0) is 14.2. The lowest BCUT2D eigenvalue weighted by Gasteiger charge is -2.11. The third-order valence-corrected chi connectivity index (χ3v) is 3.25. The highest BCUT2D eigenvalue weighted by atomic mass is 16.5. The third-order valence-electron chi connectivity index (χ3n) is 3.25. The van der Waals surface area contributed by atoms with E-state index >= 15 is 0 Å². The van der Waals surface area contributed by atoms with Gasteiger partial charge in [-0.3, -0.25) is 0 Å². The SMILES string of the molecule is CCNC(=NCc1ccccc1COCC)NC1CC1. The smallest absolute Gasteiger partial charge is 0.191 e. The first-order valence-corrected chi connectivity index (χ1v) is 7.52. The molecule has 1 fully saturated rings. The number of benzene rings is 1. The molecule has 0 bridgehead atoms. The molecule has 4 nitrogen and oxygen atoms in total. The standard InChI is InChI=1S/C16H25N3O/c1-3-17-16(19-15-9-10-15)18-11-13-7-5-6-8-14(13)12-20-4-2/h5-8,15H,3-4,9-12H2,1-2H3,(H2,17,18,19). The van der Waals surface area contributed by atoms with Crippen molar-refractivity contribution in [2.45, 2.75) is 45.9 Å². The average molecular weight is 275 g/mol. The van der Waals surface area contributed by atoms with Gasteiger partial charge in [0.1, 0.15) is 0 Å². The van der Waals surface area contributed by atoms with E-state index in [0.29, 0.717) is 19.2 Å². The van der Waals surface area contributed by atoms with E-state index in [1.165, 1.54) is 24.0 Å². The van der Waals surface area contributed by atoms with Crippen LogP contribution in [-0.2, 0) is 17.9 Å². The third kappa shape index (κ3) is 4.85. The zero-order valence-electron chi connectivity index (χ0n) is 12.5. The van der Waals surface area contributed by atoms with Gasteiger partial charge in [0.25, 0.3) is 0 Å². The van der Waals surface area contributed by atoms with Crippen LogP contribution in [-0.4, -0.2) is 25.2 Å². The first-order valence-electron chi connectivity index (χ1n) is 7.52. The summed E-state index contributed by atoms with van der Waals surface area (Å²) in [6.07, 6.45) is 2.51. The van der Waals surface area contributed by atoms with E-state index in [1.807, 2.05) is 6.92 Å². The van der Waals surface area contributed by atoms with Gasteiger partial charge in [0.2, 0.25) is 0 Å². The molecule has 0 unspecified atom stereocenters. The summed E-state index contributed by atoms with van der Waals surface area (Å²) in [5.41, 5.74) is 2.45. The molecule has 1 aromatic carbocycles. The number of aliphatic imine (C=N–C) groups is 1. The van der Waals surface area contributed by atoms with E-state index < -0.39 is 0 Å². The maximum absolute atomic E-state index is 5.51. The van der Waals surface area contributed by atoms with Gasteiger partial charge >= 0.3 is 0 Å². The van der Waals surface area contributed by atoms with Gasteiger partial charge < -0.3 is 15.4 Å². The van der Waals surface area contributed by atoms with Crippen LogP contribution in [0.15, 0.2) is 29.3 Å². The molecule has 0 radical (unpaired) electrons. The van der Waals surface area contributed by atoms with Crippen molar-refractivity contribution in [3.05, 3.63) is 35.4 Å². The molecule has 110 valence electrons. The lowest BCUT2D eigenvalue weighted by atomic mass is 10.1. The van der Waals surface area contributed by atoms with Crippen molar-refractivity contribution in [1.82, 2.24) is 10.6 Å². The van der Waals surface area contributed by atoms with Crippen LogP contribution in [0.3, 0.4) is 0 Å². The van der Waals surface area contributed by atoms with E-state index in [0.717, 1.165) is 19.1 Å². The summed E-state index contributed by atoms with van der Waals surface area (Å²) in [4.78, 5) is 4.67. The van der Waals surface area contributed by atoms with Gasteiger partial charge in [-0.25, -0.2) is 4.99 Å². The first-order chi connectivity index (χ1) is 9.83. The van der Waals surface area contributed by atoms with Gasteiger partial charge in [0, 0.05) is 19.2 Å². The largest absolute Gasteiger partial charge is 0.377 e. The lowest BCUT2D eigenvalue weighted by molar-refractivity contribution is 0.133. The topological polar surface area (TPSA) is 45.7 Å². The average Bonchev–Trinajstić information content (AvgIpc) is 3.27. The highest BCUT2D eigenvalue weighted by Crippen LogP contribution is 2.18. The van der Waals surface area contributed by atoms with Gasteiger partial charge in [-0.1, -0.05) is 24.3 Å². The minimum absolute atomic E-state index is 0.617. The van der Waals surface area contributed by atoms with E-state index in [1.54, 1.807) is 0 Å². The summed E-state index contributed by atoms with van der Waals surface area (Å²) in [5.74, 6) is 0.918. The summed E-state index contributed by atoms with van der Waals surface area (Å²) >= 11 is 0. The van der Waals surface area contributed by atoms with Crippen molar-refractivity contribution in [2.24, 2.45) is 4.99 Å². The fourth-order valence-corrected chi connectivity index (χ4v) is 1.97. The summed E-state index contributed by atoms with van der Waals surface area (Å²) in [5, 5.41) is 6.73. The molecule has 1 saturated carbocycles. The quantitative estimate of drug-likeness (QED) is 0.593. The number of nitrogens with one attached hydrogen (secondary N) is 2. The number of guanidine groups is 1. The number of rotatable bonds is 7. The maximum Gasteiger partial charge on any atom is 0.191 e. The number of hydrogen-bond acceptors (Lipinski definition) is 2. The van der Waals surface area contributed by atoms with Crippen LogP contribution in [0, 0.1) is 0 Å². The molecule has 0 spiro atoms. The second-order valence-corrected chi connectivity index (χ2v) is 5.02. The molecule has 0 aromatic heterocycles. The Labute approximate surface area is 121 Å². The van der Waals surface area contributed by atoms with Crippen molar-refractivity contribution in [3.8, 4) is 0 Å². The predicted octanol–water partition coefficient (Wildman–Crippen LogP) is 2.44. The minimum atomic E-state index is 0.617. The Morgan fingerprint density at radius 1 is 1.25 bits per heavy atom. The van der Waals surface area contributed by atoms with Gasteiger partial charge in [0.05, 0.1) is 13.2 Å². The molecule has 1 aliphatic carbocycles. The van der Waals surface area contributed by atoms with E-state index in [4.69, 9.17) is 4.74 Å². The summed E-state index contributed by atoms with van der Waals surface area (Å²) in [6.45, 7) is 7.08. The van der Waals surface area contributed by atoms with E-state index in [-0.39, 0.29) is 0 Å². The molecule has 0 heterocycles. The van der Waals surface area contributed by atoms with Crippen molar-refractivity contribution in [3.63, 3.8) is 0 Å². The number of ether oxygens (including phenoxy) is 1. The van der Waals surface area contributed by atoms with Crippen LogP contribution in [0.25, 0.3) is 0 Å². The summed E-state index contributed by atoms with van der Waals surface area (Å²) < 4.78 is 5.51. The maximum atomic E-state index is 5.51. The molecule has 20 heavy (non-hydrogen) atoms. The van der Waals surface area contributed by atoms with E-state index in [9.17, 15) is 0 Å². The number of hydrogen-bond donors (Lipinski definition) is 2. The van der Waals surface area contributed by atoms with Crippen LogP contribution in [0.2, 0.25) is 0 Å². The summed E-state index contributed by atoms with van der Waals surface area (Å²) in [6, 6.07) is 8.96. The molecular weight excluding hydrogens is 250 g/mol. The van der Waals surface area contributed by atoms with Crippen LogP contribution in [0.4, 0.5) is 0 Å². The van der Waals surface area contributed by atoms with Crippen molar-refractivity contribution in [2.75, 3.05) is 13.2 Å². The summed E-state index contributed by atoms with van der Waals surface area (Å²) in [7, 11) is 0. The minimum Gasteiger partial charge on any atom is -0.377 e. The van der Waals surface area contributed by atoms with Crippen LogP contribution >= 0.6 is 0 Å². The normalized spacial score (nSPS) is 15.2. The molecule has 2 N–H and O–H groups in total. The second-order valence-electron chi connectivity index (χ2n) is 5.02. The van der Waals surface area contributed by atoms with Crippen LogP contribution < -0.4 is 10.6 Å². The Morgan fingerprint density at radius 3 is 2.65 bits per heavy atom. The molecule has 0 atom stereocenters. The molecule has 4 heteroatoms. The van der Waals surface area contributed by atoms with Gasteiger partial charge in [-0.2, -0.15) is 0 Å². The first kappa shape index (κ1) is 14.9. The monoisotopic (exact) mass is 275 g/mol. The molecule has 0 saturated heterocycles. The molecule has 1 aliphatic rings. The van der Waals surface area contributed by atoms with Crippen LogP contribution in [0.1, 0.15) is 37.8 Å². The highest BCUT2D eigenvalue weighted by Gasteiger charge is 2.22. The van der Waals surface area contributed by atoms with Gasteiger partial charge in [-0.15, -0.1) is 0 Å². The molecule has 1 aromatic rings. The fraction of sp³-hybridized carbons (Fsp3) is 0.562. The fourth-order valence-electron chi connectivity index (χ4n) is 1.97. The Bertz CT molecular complexity index is 441. The van der Waals surface area contributed by atoms with Crippen molar-refractivity contribution >= 4 is 5.96 Å². The molecular formula is C16H25N3O. The Morgan fingerprint density at radius 2 is 2.00 bits per heavy atom. The Kier molecular flexibility index (Phi) is 5.87. The molecule has 0 aliphatic heterocycles.